The van der Waals surface area contributed by atoms with Gasteiger partial charge in [-0.3, -0.25) is 4.57 Å². The van der Waals surface area contributed by atoms with Crippen molar-refractivity contribution >= 4 is 23.4 Å². The van der Waals surface area contributed by atoms with E-state index in [1.807, 2.05) is 11.8 Å². The van der Waals surface area contributed by atoms with Crippen molar-refractivity contribution in [3.05, 3.63) is 11.1 Å². The first kappa shape index (κ1) is 14.2. The van der Waals surface area contributed by atoms with Crippen LogP contribution in [0.25, 0.3) is 0 Å². The van der Waals surface area contributed by atoms with Gasteiger partial charge in [-0.15, -0.1) is 10.2 Å². The van der Waals surface area contributed by atoms with Crippen molar-refractivity contribution in [2.24, 2.45) is 0 Å². The van der Waals surface area contributed by atoms with E-state index in [1.54, 1.807) is 0 Å². The highest BCUT2D eigenvalue weighted by molar-refractivity contribution is 7.99. The van der Waals surface area contributed by atoms with Gasteiger partial charge in [0, 0.05) is 16.7 Å². The Morgan fingerprint density at radius 1 is 1.28 bits per heavy atom. The highest BCUT2D eigenvalue weighted by Crippen LogP contribution is 2.37. The first-order chi connectivity index (χ1) is 8.43. The molecular weight excluding hydrogens is 266 g/mol. The Morgan fingerprint density at radius 3 is 2.61 bits per heavy atom. The molecule has 0 aliphatic heterocycles. The Morgan fingerprint density at radius 2 is 2.00 bits per heavy atom. The third kappa shape index (κ3) is 2.85. The fourth-order valence-electron chi connectivity index (χ4n) is 2.68. The van der Waals surface area contributed by atoms with Crippen LogP contribution in [0.1, 0.15) is 58.3 Å². The lowest BCUT2D eigenvalue weighted by Gasteiger charge is -2.32. The van der Waals surface area contributed by atoms with Crippen LogP contribution in [0.2, 0.25) is 5.28 Å². The number of rotatable bonds is 2. The van der Waals surface area contributed by atoms with Crippen molar-refractivity contribution in [2.75, 3.05) is 6.26 Å². The van der Waals surface area contributed by atoms with Crippen LogP contribution in [-0.2, 0) is 5.41 Å². The third-order valence-electron chi connectivity index (χ3n) is 3.62. The number of hydrogen-bond acceptors (Lipinski definition) is 3. The van der Waals surface area contributed by atoms with Gasteiger partial charge in [0.05, 0.1) is 0 Å². The van der Waals surface area contributed by atoms with Gasteiger partial charge in [0.2, 0.25) is 5.28 Å². The summed E-state index contributed by atoms with van der Waals surface area (Å²) in [5, 5.41) is 9.66. The smallest absolute Gasteiger partial charge is 0.225 e. The largest absolute Gasteiger partial charge is 0.298 e. The molecule has 2 rings (SSSR count). The summed E-state index contributed by atoms with van der Waals surface area (Å²) in [7, 11) is 0. The third-order valence-corrected chi connectivity index (χ3v) is 4.97. The number of nitrogens with zero attached hydrogens (tertiary/aromatic N) is 3. The van der Waals surface area contributed by atoms with E-state index >= 15 is 0 Å². The van der Waals surface area contributed by atoms with Crippen LogP contribution >= 0.6 is 23.4 Å². The van der Waals surface area contributed by atoms with Crippen molar-refractivity contribution in [3.63, 3.8) is 0 Å². The molecule has 2 atom stereocenters. The topological polar surface area (TPSA) is 30.7 Å². The second-order valence-electron chi connectivity index (χ2n) is 6.09. The van der Waals surface area contributed by atoms with E-state index in [-0.39, 0.29) is 5.41 Å². The van der Waals surface area contributed by atoms with E-state index in [2.05, 4.69) is 41.8 Å². The lowest BCUT2D eigenvalue weighted by atomic mass is 9.91. The normalized spacial score (nSPS) is 25.4. The van der Waals surface area contributed by atoms with E-state index in [1.165, 1.54) is 25.7 Å². The first-order valence-corrected chi connectivity index (χ1v) is 8.23. The Bertz CT molecular complexity index is 411. The highest BCUT2D eigenvalue weighted by Gasteiger charge is 2.30. The Hall–Kier alpha value is -0.220. The Kier molecular flexibility index (Phi) is 4.27. The number of hydrogen-bond donors (Lipinski definition) is 0. The van der Waals surface area contributed by atoms with Gasteiger partial charge in [-0.2, -0.15) is 11.8 Å². The second-order valence-corrected chi connectivity index (χ2v) is 7.57. The summed E-state index contributed by atoms with van der Waals surface area (Å²) in [6.45, 7) is 6.50. The Labute approximate surface area is 119 Å². The van der Waals surface area contributed by atoms with Gasteiger partial charge in [-0.1, -0.05) is 27.2 Å². The average Bonchev–Trinajstić information content (AvgIpc) is 2.71. The predicted molar refractivity (Wildman–Crippen MR) is 78.5 cm³/mol. The number of thioether (sulfide) groups is 1. The van der Waals surface area contributed by atoms with Gasteiger partial charge in [-0.25, -0.2) is 0 Å². The zero-order valence-electron chi connectivity index (χ0n) is 11.6. The molecule has 1 fully saturated rings. The van der Waals surface area contributed by atoms with Crippen LogP contribution < -0.4 is 0 Å². The van der Waals surface area contributed by atoms with Crippen molar-refractivity contribution in [1.82, 2.24) is 14.8 Å². The maximum atomic E-state index is 6.26. The van der Waals surface area contributed by atoms with Crippen LogP contribution in [0.5, 0.6) is 0 Å². The maximum Gasteiger partial charge on any atom is 0.225 e. The lowest BCUT2D eigenvalue weighted by Crippen LogP contribution is -2.26. The van der Waals surface area contributed by atoms with Gasteiger partial charge >= 0.3 is 0 Å². The summed E-state index contributed by atoms with van der Waals surface area (Å²) in [6, 6.07) is 0.466. The van der Waals surface area contributed by atoms with Crippen molar-refractivity contribution in [1.29, 1.82) is 0 Å². The highest BCUT2D eigenvalue weighted by atomic mass is 35.5. The van der Waals surface area contributed by atoms with Gasteiger partial charge in [0.1, 0.15) is 5.82 Å². The molecule has 1 aromatic rings. The molecule has 1 aliphatic rings. The van der Waals surface area contributed by atoms with Crippen LogP contribution in [0.3, 0.4) is 0 Å². The van der Waals surface area contributed by atoms with Crippen molar-refractivity contribution < 1.29 is 0 Å². The molecule has 1 aliphatic carbocycles. The summed E-state index contributed by atoms with van der Waals surface area (Å²) in [4.78, 5) is 0. The SMILES string of the molecule is CSC1CCCC(n2c(Cl)nnc2C(C)(C)C)C1. The summed E-state index contributed by atoms with van der Waals surface area (Å²) in [5.41, 5.74) is -0.00750. The summed E-state index contributed by atoms with van der Waals surface area (Å²) in [6.07, 6.45) is 7.17. The second kappa shape index (κ2) is 5.41. The molecule has 0 bridgehead atoms. The van der Waals surface area contributed by atoms with Crippen LogP contribution in [0, 0.1) is 0 Å². The standard InChI is InChI=1S/C13H22ClN3S/c1-13(2,3)11-15-16-12(14)17(11)9-6-5-7-10(8-9)18-4/h9-10H,5-8H2,1-4H3. The number of aromatic nitrogens is 3. The summed E-state index contributed by atoms with van der Waals surface area (Å²) in [5.74, 6) is 1.01. The lowest BCUT2D eigenvalue weighted by molar-refractivity contribution is 0.337. The molecule has 5 heteroatoms. The van der Waals surface area contributed by atoms with E-state index in [0.717, 1.165) is 11.1 Å². The molecule has 0 amide bonds. The van der Waals surface area contributed by atoms with E-state index in [9.17, 15) is 0 Å². The minimum atomic E-state index is -0.00750. The molecular formula is C13H22ClN3S. The molecule has 0 saturated heterocycles. The monoisotopic (exact) mass is 287 g/mol. The molecule has 0 N–H and O–H groups in total. The van der Waals surface area contributed by atoms with Gasteiger partial charge in [0.25, 0.3) is 0 Å². The maximum absolute atomic E-state index is 6.26. The van der Waals surface area contributed by atoms with Crippen LogP contribution in [0.15, 0.2) is 0 Å². The summed E-state index contributed by atoms with van der Waals surface area (Å²) >= 11 is 8.23. The van der Waals surface area contributed by atoms with Crippen LogP contribution in [-0.4, -0.2) is 26.3 Å². The van der Waals surface area contributed by atoms with Gasteiger partial charge in [0.15, 0.2) is 0 Å². The predicted octanol–water partition coefficient (Wildman–Crippen LogP) is 4.08. The fraction of sp³-hybridized carbons (Fsp3) is 0.846. The molecule has 2 unspecified atom stereocenters. The van der Waals surface area contributed by atoms with Crippen LogP contribution in [0.4, 0.5) is 0 Å². The molecule has 102 valence electrons. The fourth-order valence-corrected chi connectivity index (χ4v) is 3.75. The minimum Gasteiger partial charge on any atom is -0.298 e. The van der Waals surface area contributed by atoms with Gasteiger partial charge < -0.3 is 0 Å². The molecule has 3 nitrogen and oxygen atoms in total. The minimum absolute atomic E-state index is 0.00750. The Balaban J connectivity index is 2.29. The number of halogens is 1. The molecule has 0 spiro atoms. The van der Waals surface area contributed by atoms with Gasteiger partial charge in [-0.05, 0) is 37.1 Å². The molecule has 1 heterocycles. The van der Waals surface area contributed by atoms with E-state index in [4.69, 9.17) is 11.6 Å². The quantitative estimate of drug-likeness (QED) is 0.821. The molecule has 1 aromatic heterocycles. The zero-order chi connectivity index (χ0) is 13.3. The van der Waals surface area contributed by atoms with Crippen molar-refractivity contribution in [2.45, 2.75) is 63.2 Å². The zero-order valence-corrected chi connectivity index (χ0v) is 13.2. The average molecular weight is 288 g/mol. The molecule has 1 saturated carbocycles. The molecule has 18 heavy (non-hydrogen) atoms. The molecule has 0 aromatic carbocycles. The summed E-state index contributed by atoms with van der Waals surface area (Å²) < 4.78 is 2.17. The van der Waals surface area contributed by atoms with E-state index in [0.29, 0.717) is 11.3 Å². The molecule has 0 radical (unpaired) electrons. The first-order valence-electron chi connectivity index (χ1n) is 6.57. The van der Waals surface area contributed by atoms with E-state index < -0.39 is 0 Å². The van der Waals surface area contributed by atoms with Crippen molar-refractivity contribution in [3.8, 4) is 0 Å².